The predicted octanol–water partition coefficient (Wildman–Crippen LogP) is 3.31. The van der Waals surface area contributed by atoms with E-state index < -0.39 is 6.09 Å². The van der Waals surface area contributed by atoms with E-state index in [4.69, 9.17) is 5.11 Å². The molecule has 0 unspecified atom stereocenters. The number of rotatable bonds is 1. The molecule has 1 amide bonds. The minimum Gasteiger partial charge on any atom is -0.465 e. The molecule has 2 rings (SSSR count). The van der Waals surface area contributed by atoms with Gasteiger partial charge >= 0.3 is 6.09 Å². The number of likely N-dealkylation sites (tertiary alicyclic amines) is 1. The highest BCUT2D eigenvalue weighted by molar-refractivity contribution is 9.10. The van der Waals surface area contributed by atoms with Crippen molar-refractivity contribution in [2.75, 3.05) is 13.1 Å². The summed E-state index contributed by atoms with van der Waals surface area (Å²) >= 11 is 3.41. The average molecular weight is 284 g/mol. The van der Waals surface area contributed by atoms with E-state index in [1.807, 2.05) is 12.1 Å². The molecule has 1 aliphatic rings. The van der Waals surface area contributed by atoms with Gasteiger partial charge in [0, 0.05) is 17.6 Å². The van der Waals surface area contributed by atoms with E-state index in [1.165, 1.54) is 10.5 Å². The lowest BCUT2D eigenvalue weighted by Gasteiger charge is -2.30. The molecule has 16 heavy (non-hydrogen) atoms. The minimum atomic E-state index is -0.797. The molecule has 0 bridgehead atoms. The standard InChI is InChI=1S/C12H14BrNO2/c13-11-3-1-9(2-4-11)10-5-7-14(8-6-10)12(15)16/h1-4,10H,5-8H2,(H,15,16). The second-order valence-corrected chi connectivity index (χ2v) is 5.01. The van der Waals surface area contributed by atoms with Gasteiger partial charge in [-0.1, -0.05) is 28.1 Å². The summed E-state index contributed by atoms with van der Waals surface area (Å²) in [5.41, 5.74) is 1.31. The summed E-state index contributed by atoms with van der Waals surface area (Å²) < 4.78 is 1.08. The third kappa shape index (κ3) is 2.55. The smallest absolute Gasteiger partial charge is 0.407 e. The Labute approximate surface area is 103 Å². The van der Waals surface area contributed by atoms with Gasteiger partial charge in [-0.15, -0.1) is 0 Å². The van der Waals surface area contributed by atoms with Crippen LogP contribution in [0.15, 0.2) is 28.7 Å². The zero-order valence-electron chi connectivity index (χ0n) is 8.90. The molecule has 1 aliphatic heterocycles. The summed E-state index contributed by atoms with van der Waals surface area (Å²) in [4.78, 5) is 12.3. The van der Waals surface area contributed by atoms with Crippen LogP contribution in [0.4, 0.5) is 4.79 Å². The van der Waals surface area contributed by atoms with Crippen molar-refractivity contribution in [3.8, 4) is 0 Å². The molecule has 3 nitrogen and oxygen atoms in total. The van der Waals surface area contributed by atoms with Crippen molar-refractivity contribution >= 4 is 22.0 Å². The van der Waals surface area contributed by atoms with E-state index in [-0.39, 0.29) is 0 Å². The summed E-state index contributed by atoms with van der Waals surface area (Å²) in [5.74, 6) is 0.503. The molecule has 0 atom stereocenters. The van der Waals surface area contributed by atoms with Gasteiger partial charge in [0.25, 0.3) is 0 Å². The van der Waals surface area contributed by atoms with Crippen LogP contribution < -0.4 is 0 Å². The summed E-state index contributed by atoms with van der Waals surface area (Å²) in [6, 6.07) is 8.31. The lowest BCUT2D eigenvalue weighted by molar-refractivity contribution is 0.132. The quantitative estimate of drug-likeness (QED) is 0.859. The van der Waals surface area contributed by atoms with E-state index in [9.17, 15) is 4.79 Å². The molecular weight excluding hydrogens is 270 g/mol. The number of carbonyl (C=O) groups is 1. The van der Waals surface area contributed by atoms with Crippen LogP contribution in [0.25, 0.3) is 0 Å². The van der Waals surface area contributed by atoms with Crippen LogP contribution in [0.5, 0.6) is 0 Å². The number of nitrogens with zero attached hydrogens (tertiary/aromatic N) is 1. The van der Waals surface area contributed by atoms with Crippen molar-refractivity contribution in [2.45, 2.75) is 18.8 Å². The Balaban J connectivity index is 1.99. The van der Waals surface area contributed by atoms with Crippen LogP contribution in [0, 0.1) is 0 Å². The topological polar surface area (TPSA) is 40.5 Å². The summed E-state index contributed by atoms with van der Waals surface area (Å²) in [6.45, 7) is 1.30. The third-order valence-electron chi connectivity index (χ3n) is 3.11. The maximum atomic E-state index is 10.8. The number of amides is 1. The third-order valence-corrected chi connectivity index (χ3v) is 3.64. The first-order valence-corrected chi connectivity index (χ1v) is 6.19. The number of hydrogen-bond donors (Lipinski definition) is 1. The molecule has 1 aromatic rings. The van der Waals surface area contributed by atoms with E-state index in [0.29, 0.717) is 19.0 Å². The van der Waals surface area contributed by atoms with Gasteiger partial charge in [-0.2, -0.15) is 0 Å². The van der Waals surface area contributed by atoms with Gasteiger partial charge in [0.05, 0.1) is 0 Å². The summed E-state index contributed by atoms with van der Waals surface area (Å²) in [6.07, 6.45) is 1.05. The lowest BCUT2D eigenvalue weighted by Crippen LogP contribution is -2.36. The first-order chi connectivity index (χ1) is 7.66. The summed E-state index contributed by atoms with van der Waals surface area (Å²) in [7, 11) is 0. The van der Waals surface area contributed by atoms with Gasteiger partial charge in [0.1, 0.15) is 0 Å². The maximum absolute atomic E-state index is 10.8. The Bertz CT molecular complexity index is 369. The highest BCUT2D eigenvalue weighted by atomic mass is 79.9. The zero-order chi connectivity index (χ0) is 11.5. The van der Waals surface area contributed by atoms with Crippen molar-refractivity contribution in [1.29, 1.82) is 0 Å². The molecule has 1 N–H and O–H groups in total. The number of benzene rings is 1. The first-order valence-electron chi connectivity index (χ1n) is 5.40. The highest BCUT2D eigenvalue weighted by Crippen LogP contribution is 2.28. The van der Waals surface area contributed by atoms with Gasteiger partial charge in [-0.05, 0) is 36.5 Å². The molecule has 1 saturated heterocycles. The molecule has 0 aromatic heterocycles. The van der Waals surface area contributed by atoms with Gasteiger partial charge < -0.3 is 10.0 Å². The molecule has 0 saturated carbocycles. The fourth-order valence-corrected chi connectivity index (χ4v) is 2.40. The molecule has 0 spiro atoms. The van der Waals surface area contributed by atoms with Crippen LogP contribution in [-0.4, -0.2) is 29.2 Å². The number of piperidine rings is 1. The largest absolute Gasteiger partial charge is 0.465 e. The van der Waals surface area contributed by atoms with Crippen LogP contribution in [0.3, 0.4) is 0 Å². The van der Waals surface area contributed by atoms with Gasteiger partial charge in [-0.3, -0.25) is 0 Å². The van der Waals surface area contributed by atoms with Gasteiger partial charge in [0.2, 0.25) is 0 Å². The zero-order valence-corrected chi connectivity index (χ0v) is 10.5. The molecule has 0 aliphatic carbocycles. The van der Waals surface area contributed by atoms with Crippen LogP contribution in [0.1, 0.15) is 24.3 Å². The number of halogens is 1. The van der Waals surface area contributed by atoms with Crippen LogP contribution >= 0.6 is 15.9 Å². The Morgan fingerprint density at radius 1 is 1.25 bits per heavy atom. The minimum absolute atomic E-state index is 0.503. The van der Waals surface area contributed by atoms with Crippen LogP contribution in [-0.2, 0) is 0 Å². The Hall–Kier alpha value is -1.03. The molecule has 0 radical (unpaired) electrons. The SMILES string of the molecule is O=C(O)N1CCC(c2ccc(Br)cc2)CC1. The van der Waals surface area contributed by atoms with E-state index in [2.05, 4.69) is 28.1 Å². The second kappa shape index (κ2) is 4.87. The maximum Gasteiger partial charge on any atom is 0.407 e. The number of carboxylic acid groups (broad SMARTS) is 1. The Kier molecular flexibility index (Phi) is 3.49. The van der Waals surface area contributed by atoms with Crippen LogP contribution in [0.2, 0.25) is 0 Å². The molecule has 1 aromatic carbocycles. The Morgan fingerprint density at radius 2 is 1.81 bits per heavy atom. The molecule has 86 valence electrons. The van der Waals surface area contributed by atoms with E-state index >= 15 is 0 Å². The van der Waals surface area contributed by atoms with Crippen molar-refractivity contribution in [2.24, 2.45) is 0 Å². The van der Waals surface area contributed by atoms with Crippen molar-refractivity contribution in [3.63, 3.8) is 0 Å². The van der Waals surface area contributed by atoms with Crippen molar-refractivity contribution < 1.29 is 9.90 Å². The number of hydrogen-bond acceptors (Lipinski definition) is 1. The lowest BCUT2D eigenvalue weighted by atomic mass is 9.90. The molecule has 1 fully saturated rings. The monoisotopic (exact) mass is 283 g/mol. The average Bonchev–Trinajstić information content (AvgIpc) is 2.30. The highest BCUT2D eigenvalue weighted by Gasteiger charge is 2.22. The molecular formula is C12H14BrNO2. The van der Waals surface area contributed by atoms with Gasteiger partial charge in [0.15, 0.2) is 0 Å². The Morgan fingerprint density at radius 3 is 2.31 bits per heavy atom. The molecule has 4 heteroatoms. The predicted molar refractivity (Wildman–Crippen MR) is 65.7 cm³/mol. The molecule has 1 heterocycles. The fraction of sp³-hybridized carbons (Fsp3) is 0.417. The normalized spacial score (nSPS) is 17.4. The summed E-state index contributed by atoms with van der Waals surface area (Å²) in [5, 5.41) is 8.85. The van der Waals surface area contributed by atoms with Crippen molar-refractivity contribution in [3.05, 3.63) is 34.3 Å². The first kappa shape index (κ1) is 11.5. The second-order valence-electron chi connectivity index (χ2n) is 4.10. The fourth-order valence-electron chi connectivity index (χ4n) is 2.14. The van der Waals surface area contributed by atoms with E-state index in [1.54, 1.807) is 0 Å². The van der Waals surface area contributed by atoms with Crippen molar-refractivity contribution in [1.82, 2.24) is 4.90 Å². The van der Waals surface area contributed by atoms with Gasteiger partial charge in [-0.25, -0.2) is 4.79 Å². The van der Waals surface area contributed by atoms with E-state index in [0.717, 1.165) is 17.3 Å².